The molecular formula is C9H7Cl2N7O2. The van der Waals surface area contributed by atoms with Gasteiger partial charge in [0.2, 0.25) is 0 Å². The largest absolute Gasteiger partial charge is 0.335 e. The van der Waals surface area contributed by atoms with E-state index in [0.717, 1.165) is 4.68 Å². The first-order valence-corrected chi connectivity index (χ1v) is 5.83. The van der Waals surface area contributed by atoms with E-state index < -0.39 is 4.92 Å². The van der Waals surface area contributed by atoms with Gasteiger partial charge in [0, 0.05) is 11.6 Å². The molecule has 3 N–H and O–H groups in total. The second-order valence-electron chi connectivity index (χ2n) is 3.48. The molecule has 0 aliphatic carbocycles. The van der Waals surface area contributed by atoms with Crippen molar-refractivity contribution in [2.45, 2.75) is 0 Å². The molecule has 0 radical (unpaired) electrons. The quantitative estimate of drug-likeness (QED) is 0.382. The van der Waals surface area contributed by atoms with Gasteiger partial charge in [-0.1, -0.05) is 23.2 Å². The normalized spacial score (nSPS) is 10.9. The molecular weight excluding hydrogens is 309 g/mol. The predicted octanol–water partition coefficient (Wildman–Crippen LogP) is 1.65. The van der Waals surface area contributed by atoms with Gasteiger partial charge in [-0.25, -0.2) is 10.1 Å². The number of nitrogens with two attached hydrogens (primary N) is 1. The van der Waals surface area contributed by atoms with Gasteiger partial charge < -0.3 is 5.84 Å². The lowest BCUT2D eigenvalue weighted by molar-refractivity contribution is -0.384. The van der Waals surface area contributed by atoms with Crippen LogP contribution in [0.1, 0.15) is 5.56 Å². The third-order valence-corrected chi connectivity index (χ3v) is 2.96. The van der Waals surface area contributed by atoms with Crippen LogP contribution in [0.3, 0.4) is 0 Å². The Bertz CT molecular complexity index is 685. The lowest BCUT2D eigenvalue weighted by Gasteiger charge is -2.02. The molecule has 0 fully saturated rings. The van der Waals surface area contributed by atoms with E-state index in [1.54, 1.807) is 0 Å². The van der Waals surface area contributed by atoms with Crippen molar-refractivity contribution in [3.05, 3.63) is 44.2 Å². The Morgan fingerprint density at radius 3 is 2.85 bits per heavy atom. The smallest absolute Gasteiger partial charge is 0.288 e. The first kappa shape index (κ1) is 14.0. The number of hydrogen-bond acceptors (Lipinski definition) is 7. The average molecular weight is 316 g/mol. The van der Waals surface area contributed by atoms with Crippen LogP contribution < -0.4 is 11.3 Å². The summed E-state index contributed by atoms with van der Waals surface area (Å²) < 4.78 is 1.11. The topological polar surface area (TPSA) is 124 Å². The van der Waals surface area contributed by atoms with E-state index in [1.807, 2.05) is 0 Å². The molecule has 0 saturated heterocycles. The molecule has 0 aliphatic heterocycles. The van der Waals surface area contributed by atoms with E-state index in [0.29, 0.717) is 0 Å². The highest BCUT2D eigenvalue weighted by atomic mass is 35.5. The summed E-state index contributed by atoms with van der Waals surface area (Å²) >= 11 is 11.8. The van der Waals surface area contributed by atoms with Gasteiger partial charge in [0.15, 0.2) is 0 Å². The summed E-state index contributed by atoms with van der Waals surface area (Å²) in [7, 11) is 0. The predicted molar refractivity (Wildman–Crippen MR) is 74.5 cm³/mol. The molecule has 0 atom stereocenters. The number of aromatic nitrogens is 3. The van der Waals surface area contributed by atoms with Crippen LogP contribution in [-0.2, 0) is 0 Å². The van der Waals surface area contributed by atoms with Gasteiger partial charge in [0.1, 0.15) is 11.3 Å². The van der Waals surface area contributed by atoms with Crippen molar-refractivity contribution in [1.29, 1.82) is 0 Å². The molecule has 2 aromatic rings. The second kappa shape index (κ2) is 5.72. The Balaban J connectivity index is 2.27. The van der Waals surface area contributed by atoms with Crippen molar-refractivity contribution >= 4 is 41.1 Å². The molecule has 0 aliphatic rings. The molecule has 20 heavy (non-hydrogen) atoms. The van der Waals surface area contributed by atoms with Gasteiger partial charge in [-0.15, -0.1) is 10.2 Å². The first-order valence-electron chi connectivity index (χ1n) is 5.07. The fourth-order valence-corrected chi connectivity index (χ4v) is 1.83. The zero-order chi connectivity index (χ0) is 14.7. The standard InChI is InChI=1S/C9H7Cl2N7O2/c10-6-1-2-7(18(19)20)8(11)5(6)3-13-15-9-16-14-4-17(9)12/h1-4H,12H2,(H,15,16)/b13-3+. The average Bonchev–Trinajstić information content (AvgIpc) is 2.78. The van der Waals surface area contributed by atoms with Gasteiger partial charge >= 0.3 is 0 Å². The Labute approximate surface area is 122 Å². The van der Waals surface area contributed by atoms with Crippen molar-refractivity contribution in [2.24, 2.45) is 5.10 Å². The molecule has 0 amide bonds. The Morgan fingerprint density at radius 2 is 2.25 bits per heavy atom. The van der Waals surface area contributed by atoms with Crippen molar-refractivity contribution in [2.75, 3.05) is 11.3 Å². The van der Waals surface area contributed by atoms with E-state index in [4.69, 9.17) is 29.0 Å². The molecule has 2 rings (SSSR count). The zero-order valence-electron chi connectivity index (χ0n) is 9.70. The molecule has 1 aromatic heterocycles. The Morgan fingerprint density at radius 1 is 1.50 bits per heavy atom. The summed E-state index contributed by atoms with van der Waals surface area (Å²) in [6, 6.07) is 2.57. The third kappa shape index (κ3) is 2.78. The summed E-state index contributed by atoms with van der Waals surface area (Å²) in [5, 5.41) is 21.8. The van der Waals surface area contributed by atoms with Crippen LogP contribution >= 0.6 is 23.2 Å². The first-order chi connectivity index (χ1) is 9.50. The van der Waals surface area contributed by atoms with Crippen LogP contribution in [0.4, 0.5) is 11.6 Å². The van der Waals surface area contributed by atoms with Gasteiger partial charge in [-0.3, -0.25) is 10.1 Å². The van der Waals surface area contributed by atoms with Gasteiger partial charge in [0.25, 0.3) is 11.6 Å². The Hall–Kier alpha value is -2.39. The van der Waals surface area contributed by atoms with Crippen molar-refractivity contribution < 1.29 is 4.92 Å². The minimum Gasteiger partial charge on any atom is -0.335 e. The number of anilines is 1. The molecule has 1 heterocycles. The van der Waals surface area contributed by atoms with E-state index in [1.165, 1.54) is 24.7 Å². The molecule has 0 bridgehead atoms. The Kier molecular flexibility index (Phi) is 4.01. The summed E-state index contributed by atoms with van der Waals surface area (Å²) in [4.78, 5) is 10.2. The highest BCUT2D eigenvalue weighted by molar-refractivity contribution is 6.40. The van der Waals surface area contributed by atoms with Crippen LogP contribution in [0, 0.1) is 10.1 Å². The fraction of sp³-hybridized carbons (Fsp3) is 0. The number of benzene rings is 1. The molecule has 0 saturated carbocycles. The minimum atomic E-state index is -0.611. The molecule has 104 valence electrons. The number of hydrogen-bond donors (Lipinski definition) is 2. The highest BCUT2D eigenvalue weighted by Crippen LogP contribution is 2.31. The molecule has 0 spiro atoms. The SMILES string of the molecule is Nn1cnnc1N/N=C/c1c(Cl)ccc([N+](=O)[O-])c1Cl. The van der Waals surface area contributed by atoms with E-state index >= 15 is 0 Å². The number of hydrazone groups is 1. The highest BCUT2D eigenvalue weighted by Gasteiger charge is 2.17. The number of nitrogens with zero attached hydrogens (tertiary/aromatic N) is 5. The number of halogens is 2. The lowest BCUT2D eigenvalue weighted by Crippen LogP contribution is -2.10. The van der Waals surface area contributed by atoms with E-state index in [-0.39, 0.29) is 27.2 Å². The van der Waals surface area contributed by atoms with E-state index in [9.17, 15) is 10.1 Å². The minimum absolute atomic E-state index is 0.109. The summed E-state index contributed by atoms with van der Waals surface area (Å²) in [6.45, 7) is 0. The maximum Gasteiger partial charge on any atom is 0.288 e. The van der Waals surface area contributed by atoms with Crippen LogP contribution in [0.2, 0.25) is 10.0 Å². The number of nitro benzene ring substituents is 1. The van der Waals surface area contributed by atoms with Crippen molar-refractivity contribution in [3.63, 3.8) is 0 Å². The van der Waals surface area contributed by atoms with Crippen LogP contribution in [-0.4, -0.2) is 26.0 Å². The van der Waals surface area contributed by atoms with Crippen LogP contribution in [0.15, 0.2) is 23.6 Å². The van der Waals surface area contributed by atoms with Crippen LogP contribution in [0.25, 0.3) is 0 Å². The number of rotatable bonds is 4. The second-order valence-corrected chi connectivity index (χ2v) is 4.27. The molecule has 11 heteroatoms. The molecule has 9 nitrogen and oxygen atoms in total. The van der Waals surface area contributed by atoms with Crippen molar-refractivity contribution in [1.82, 2.24) is 14.9 Å². The maximum absolute atomic E-state index is 10.8. The summed E-state index contributed by atoms with van der Waals surface area (Å²) in [5.74, 6) is 5.64. The molecule has 1 aromatic carbocycles. The number of nitrogens with one attached hydrogen (secondary N) is 1. The third-order valence-electron chi connectivity index (χ3n) is 2.23. The number of nitrogen functional groups attached to an aromatic ring is 1. The van der Waals surface area contributed by atoms with E-state index in [2.05, 4.69) is 20.7 Å². The zero-order valence-corrected chi connectivity index (χ0v) is 11.2. The monoisotopic (exact) mass is 315 g/mol. The summed E-state index contributed by atoms with van der Waals surface area (Å²) in [5.41, 5.74) is 2.43. The molecule has 0 unspecified atom stereocenters. The van der Waals surface area contributed by atoms with Crippen molar-refractivity contribution in [3.8, 4) is 0 Å². The van der Waals surface area contributed by atoms with Crippen LogP contribution in [0.5, 0.6) is 0 Å². The fourth-order valence-electron chi connectivity index (χ4n) is 1.29. The number of nitro groups is 1. The summed E-state index contributed by atoms with van der Waals surface area (Å²) in [6.07, 6.45) is 2.50. The maximum atomic E-state index is 10.8. The van der Waals surface area contributed by atoms with Gasteiger partial charge in [-0.05, 0) is 6.07 Å². The van der Waals surface area contributed by atoms with Gasteiger partial charge in [0.05, 0.1) is 16.2 Å². The lowest BCUT2D eigenvalue weighted by atomic mass is 10.2. The van der Waals surface area contributed by atoms with Gasteiger partial charge in [-0.2, -0.15) is 5.10 Å².